The van der Waals surface area contributed by atoms with Crippen LogP contribution < -0.4 is 20.1 Å². The molecule has 1 saturated carbocycles. The largest absolute Gasteiger partial charge is 0.454 e. The highest BCUT2D eigenvalue weighted by molar-refractivity contribution is 14.0. The monoisotopic (exact) mass is 545 g/mol. The third-order valence-corrected chi connectivity index (χ3v) is 6.47. The Balaban J connectivity index is 0.00000272. The highest BCUT2D eigenvalue weighted by Crippen LogP contribution is 2.43. The van der Waals surface area contributed by atoms with Gasteiger partial charge in [-0.3, -0.25) is 4.99 Å². The van der Waals surface area contributed by atoms with E-state index in [9.17, 15) is 0 Å². The molecule has 0 bridgehead atoms. The standard InChI is InChI=1S/C23H35N3O4.HI/c1-24-22(25-11-5-12-28-19-8-13-27-15-19)26-16-23(9-3-2-4-10-23)18-6-7-20-21(14-18)30-17-29-20;/h6-7,14,19H,2-5,8-13,15-17H2,1H3,(H2,24,25,26);1H. The van der Waals surface area contributed by atoms with E-state index in [-0.39, 0.29) is 35.5 Å². The van der Waals surface area contributed by atoms with Gasteiger partial charge >= 0.3 is 0 Å². The van der Waals surface area contributed by atoms with Crippen molar-refractivity contribution >= 4 is 29.9 Å². The molecule has 7 nitrogen and oxygen atoms in total. The normalized spacial score (nSPS) is 22.1. The highest BCUT2D eigenvalue weighted by Gasteiger charge is 2.35. The fourth-order valence-corrected chi connectivity index (χ4v) is 4.67. The lowest BCUT2D eigenvalue weighted by atomic mass is 9.69. The molecule has 0 spiro atoms. The second-order valence-electron chi connectivity index (χ2n) is 8.47. The second-order valence-corrected chi connectivity index (χ2v) is 8.47. The number of hydrogen-bond acceptors (Lipinski definition) is 5. The summed E-state index contributed by atoms with van der Waals surface area (Å²) in [5.41, 5.74) is 1.43. The van der Waals surface area contributed by atoms with Gasteiger partial charge in [-0.25, -0.2) is 0 Å². The maximum absolute atomic E-state index is 5.84. The van der Waals surface area contributed by atoms with Crippen LogP contribution in [0.3, 0.4) is 0 Å². The smallest absolute Gasteiger partial charge is 0.231 e. The summed E-state index contributed by atoms with van der Waals surface area (Å²) in [4.78, 5) is 4.42. The highest BCUT2D eigenvalue weighted by atomic mass is 127. The van der Waals surface area contributed by atoms with Gasteiger partial charge < -0.3 is 29.6 Å². The quantitative estimate of drug-likeness (QED) is 0.225. The number of hydrogen-bond donors (Lipinski definition) is 2. The van der Waals surface area contributed by atoms with Crippen molar-refractivity contribution in [2.45, 2.75) is 56.5 Å². The zero-order chi connectivity index (χ0) is 20.7. The van der Waals surface area contributed by atoms with Crippen LogP contribution in [0.2, 0.25) is 0 Å². The van der Waals surface area contributed by atoms with Crippen molar-refractivity contribution in [2.75, 3.05) is 46.8 Å². The SMILES string of the molecule is CN=C(NCCCOC1CCOC1)NCC1(c2ccc3c(c2)OCO3)CCCCC1.I. The molecule has 8 heteroatoms. The first-order valence-corrected chi connectivity index (χ1v) is 11.3. The van der Waals surface area contributed by atoms with E-state index in [1.165, 1.54) is 37.7 Å². The van der Waals surface area contributed by atoms with Gasteiger partial charge in [-0.1, -0.05) is 25.3 Å². The third kappa shape index (κ3) is 6.38. The first-order chi connectivity index (χ1) is 14.8. The molecule has 0 aromatic heterocycles. The van der Waals surface area contributed by atoms with Crippen LogP contribution in [0.25, 0.3) is 0 Å². The minimum absolute atomic E-state index is 0. The van der Waals surface area contributed by atoms with Crippen molar-refractivity contribution in [2.24, 2.45) is 4.99 Å². The van der Waals surface area contributed by atoms with Crippen molar-refractivity contribution in [1.29, 1.82) is 0 Å². The van der Waals surface area contributed by atoms with Crippen LogP contribution in [0.1, 0.15) is 50.5 Å². The fraction of sp³-hybridized carbons (Fsp3) is 0.696. The number of nitrogens with one attached hydrogen (secondary N) is 2. The Morgan fingerprint density at radius 1 is 1.16 bits per heavy atom. The van der Waals surface area contributed by atoms with E-state index >= 15 is 0 Å². The Bertz CT molecular complexity index is 719. The number of aliphatic imine (C=N–C) groups is 1. The van der Waals surface area contributed by atoms with E-state index in [1.807, 2.05) is 7.05 Å². The van der Waals surface area contributed by atoms with E-state index in [4.69, 9.17) is 18.9 Å². The molecule has 4 rings (SSSR count). The molecular formula is C23H36IN3O4. The van der Waals surface area contributed by atoms with Gasteiger partial charge in [0.25, 0.3) is 0 Å². The molecule has 1 aliphatic carbocycles. The van der Waals surface area contributed by atoms with Crippen molar-refractivity contribution in [3.05, 3.63) is 23.8 Å². The molecule has 1 saturated heterocycles. The number of rotatable bonds is 8. The first kappa shape index (κ1) is 24.4. The van der Waals surface area contributed by atoms with Crippen LogP contribution in [-0.2, 0) is 14.9 Å². The van der Waals surface area contributed by atoms with Gasteiger partial charge in [0.2, 0.25) is 6.79 Å². The predicted octanol–water partition coefficient (Wildman–Crippen LogP) is 3.60. The predicted molar refractivity (Wildman–Crippen MR) is 132 cm³/mol. The molecule has 2 N–H and O–H groups in total. The average Bonchev–Trinajstić information content (AvgIpc) is 3.47. The number of halogens is 1. The molecule has 174 valence electrons. The summed E-state index contributed by atoms with van der Waals surface area (Å²) in [5.74, 6) is 2.57. The van der Waals surface area contributed by atoms with Gasteiger partial charge in [0.15, 0.2) is 17.5 Å². The Morgan fingerprint density at radius 2 is 2.00 bits per heavy atom. The summed E-state index contributed by atoms with van der Waals surface area (Å²) in [6.07, 6.45) is 8.40. The van der Waals surface area contributed by atoms with Crippen molar-refractivity contribution < 1.29 is 18.9 Å². The Hall–Kier alpha value is -1.26. The van der Waals surface area contributed by atoms with Crippen molar-refractivity contribution in [3.63, 3.8) is 0 Å². The van der Waals surface area contributed by atoms with Crippen LogP contribution in [0.15, 0.2) is 23.2 Å². The lowest BCUT2D eigenvalue weighted by molar-refractivity contribution is 0.0420. The van der Waals surface area contributed by atoms with Gasteiger partial charge in [-0.15, -0.1) is 24.0 Å². The number of fused-ring (bicyclic) bond motifs is 1. The van der Waals surface area contributed by atoms with Gasteiger partial charge in [0, 0.05) is 38.8 Å². The number of benzene rings is 1. The van der Waals surface area contributed by atoms with Crippen molar-refractivity contribution in [3.8, 4) is 11.5 Å². The van der Waals surface area contributed by atoms with E-state index in [0.29, 0.717) is 6.79 Å². The molecule has 3 aliphatic rings. The summed E-state index contributed by atoms with van der Waals surface area (Å²) in [5, 5.41) is 7.01. The topological polar surface area (TPSA) is 73.3 Å². The molecule has 1 aromatic rings. The summed E-state index contributed by atoms with van der Waals surface area (Å²) in [7, 11) is 1.83. The molecule has 2 heterocycles. The molecule has 1 unspecified atom stereocenters. The Kier molecular flexibility index (Phi) is 9.52. The Morgan fingerprint density at radius 3 is 2.77 bits per heavy atom. The van der Waals surface area contributed by atoms with E-state index in [2.05, 4.69) is 33.8 Å². The molecule has 2 aliphatic heterocycles. The minimum Gasteiger partial charge on any atom is -0.454 e. The molecule has 2 fully saturated rings. The fourth-order valence-electron chi connectivity index (χ4n) is 4.67. The van der Waals surface area contributed by atoms with E-state index in [1.54, 1.807) is 0 Å². The van der Waals surface area contributed by atoms with Crippen molar-refractivity contribution in [1.82, 2.24) is 10.6 Å². The van der Waals surface area contributed by atoms with Gasteiger partial charge in [0.05, 0.1) is 12.7 Å². The molecule has 1 atom stereocenters. The van der Waals surface area contributed by atoms with Crippen LogP contribution in [0.5, 0.6) is 11.5 Å². The van der Waals surface area contributed by atoms with Crippen LogP contribution in [0.4, 0.5) is 0 Å². The molecular weight excluding hydrogens is 509 g/mol. The molecule has 0 radical (unpaired) electrons. The summed E-state index contributed by atoms with van der Waals surface area (Å²) < 4.78 is 22.3. The van der Waals surface area contributed by atoms with Gasteiger partial charge in [0.1, 0.15) is 0 Å². The lowest BCUT2D eigenvalue weighted by Crippen LogP contribution is -2.46. The third-order valence-electron chi connectivity index (χ3n) is 6.47. The second kappa shape index (κ2) is 12.1. The molecule has 0 amide bonds. The van der Waals surface area contributed by atoms with Crippen LogP contribution in [-0.4, -0.2) is 58.8 Å². The zero-order valence-corrected chi connectivity index (χ0v) is 20.8. The number of guanidine groups is 1. The molecule has 31 heavy (non-hydrogen) atoms. The van der Waals surface area contributed by atoms with Crippen LogP contribution >= 0.6 is 24.0 Å². The number of ether oxygens (including phenoxy) is 4. The van der Waals surface area contributed by atoms with E-state index in [0.717, 1.165) is 63.2 Å². The molecule has 1 aromatic carbocycles. The minimum atomic E-state index is 0. The number of nitrogens with zero attached hydrogens (tertiary/aromatic N) is 1. The summed E-state index contributed by atoms with van der Waals surface area (Å²) in [6.45, 7) is 4.33. The van der Waals surface area contributed by atoms with E-state index < -0.39 is 0 Å². The van der Waals surface area contributed by atoms with Crippen LogP contribution in [0, 0.1) is 0 Å². The zero-order valence-electron chi connectivity index (χ0n) is 18.5. The van der Waals surface area contributed by atoms with Gasteiger partial charge in [-0.05, 0) is 43.4 Å². The lowest BCUT2D eigenvalue weighted by Gasteiger charge is -2.38. The maximum atomic E-state index is 5.84. The average molecular weight is 545 g/mol. The summed E-state index contributed by atoms with van der Waals surface area (Å²) in [6, 6.07) is 6.44. The van der Waals surface area contributed by atoms with Gasteiger partial charge in [-0.2, -0.15) is 0 Å². The first-order valence-electron chi connectivity index (χ1n) is 11.3. The Labute approximate surface area is 202 Å². The summed E-state index contributed by atoms with van der Waals surface area (Å²) >= 11 is 0. The maximum Gasteiger partial charge on any atom is 0.231 e.